The standard InChI is InChI=1S/C27H30Cl2FN5O3/c1-14-11-35(12-15(2)33-14)27(36)34-8-6-17(7-9-34)19-13-37-24-18(19)10-32-26(31)25(24)38-16(3)22-20(28)4-5-21(30)23(22)29/h4-6,10,13-16,33H,7-9,11-12H2,1-3H3,(H2,31,32)/t14-,15+,16-/m1/s1. The molecule has 5 rings (SSSR count). The Hall–Kier alpha value is -3.01. The Morgan fingerprint density at radius 3 is 2.68 bits per heavy atom. The highest BCUT2D eigenvalue weighted by Crippen LogP contribution is 2.41. The van der Waals surface area contributed by atoms with Gasteiger partial charge < -0.3 is 30.0 Å². The van der Waals surface area contributed by atoms with Crippen molar-refractivity contribution in [2.75, 3.05) is 31.9 Å². The minimum atomic E-state index is -0.724. The molecule has 2 aromatic heterocycles. The third-order valence-electron chi connectivity index (χ3n) is 7.04. The number of piperazine rings is 1. The Morgan fingerprint density at radius 2 is 2.00 bits per heavy atom. The first kappa shape index (κ1) is 26.6. The van der Waals surface area contributed by atoms with Crippen molar-refractivity contribution in [3.8, 4) is 5.75 Å². The maximum Gasteiger partial charge on any atom is 0.320 e. The lowest BCUT2D eigenvalue weighted by Crippen LogP contribution is -2.58. The number of ether oxygens (including phenoxy) is 1. The molecule has 2 amide bonds. The third kappa shape index (κ3) is 5.02. The van der Waals surface area contributed by atoms with Gasteiger partial charge in [0.2, 0.25) is 5.75 Å². The number of benzene rings is 1. The van der Waals surface area contributed by atoms with Gasteiger partial charge in [0.1, 0.15) is 11.9 Å². The second-order valence-corrected chi connectivity index (χ2v) is 10.7. The molecule has 3 atom stereocenters. The number of hydrogen-bond donors (Lipinski definition) is 2. The van der Waals surface area contributed by atoms with Crippen LogP contribution in [0.2, 0.25) is 10.0 Å². The second kappa shape index (κ2) is 10.6. The number of anilines is 1. The van der Waals surface area contributed by atoms with E-state index in [1.54, 1.807) is 19.4 Å². The van der Waals surface area contributed by atoms with E-state index in [4.69, 9.17) is 38.1 Å². The number of pyridine rings is 1. The number of hydrogen-bond acceptors (Lipinski definition) is 6. The fourth-order valence-corrected chi connectivity index (χ4v) is 5.94. The van der Waals surface area contributed by atoms with Crippen molar-refractivity contribution in [2.45, 2.75) is 45.4 Å². The highest BCUT2D eigenvalue weighted by Gasteiger charge is 2.30. The average molecular weight is 562 g/mol. The van der Waals surface area contributed by atoms with Gasteiger partial charge in [-0.3, -0.25) is 0 Å². The largest absolute Gasteiger partial charge is 0.478 e. The van der Waals surface area contributed by atoms with Crippen molar-refractivity contribution in [1.29, 1.82) is 0 Å². The van der Waals surface area contributed by atoms with E-state index in [0.29, 0.717) is 43.7 Å². The second-order valence-electron chi connectivity index (χ2n) is 9.96. The monoisotopic (exact) mass is 561 g/mol. The number of carbonyl (C=O) groups excluding carboxylic acids is 1. The molecule has 4 heterocycles. The predicted molar refractivity (Wildman–Crippen MR) is 147 cm³/mol. The molecule has 3 N–H and O–H groups in total. The summed E-state index contributed by atoms with van der Waals surface area (Å²) in [5.41, 5.74) is 8.79. The van der Waals surface area contributed by atoms with E-state index in [1.807, 2.05) is 15.9 Å². The van der Waals surface area contributed by atoms with Gasteiger partial charge in [-0.15, -0.1) is 0 Å². The van der Waals surface area contributed by atoms with Crippen LogP contribution in [0.1, 0.15) is 44.4 Å². The number of rotatable bonds is 4. The molecule has 2 aliphatic heterocycles. The Balaban J connectivity index is 1.37. The first-order valence-corrected chi connectivity index (χ1v) is 13.3. The lowest BCUT2D eigenvalue weighted by Gasteiger charge is -2.39. The van der Waals surface area contributed by atoms with Gasteiger partial charge in [0.25, 0.3) is 0 Å². The smallest absolute Gasteiger partial charge is 0.320 e. The predicted octanol–water partition coefficient (Wildman–Crippen LogP) is 5.89. The van der Waals surface area contributed by atoms with E-state index in [2.05, 4.69) is 24.1 Å². The topological polar surface area (TPSA) is 96.9 Å². The van der Waals surface area contributed by atoms with Crippen LogP contribution in [-0.4, -0.2) is 59.1 Å². The van der Waals surface area contributed by atoms with Gasteiger partial charge in [0.05, 0.1) is 16.7 Å². The summed E-state index contributed by atoms with van der Waals surface area (Å²) in [4.78, 5) is 21.2. The van der Waals surface area contributed by atoms with Crippen molar-refractivity contribution in [3.05, 3.63) is 57.7 Å². The number of amides is 2. The number of fused-ring (bicyclic) bond motifs is 1. The molecule has 202 valence electrons. The first-order chi connectivity index (χ1) is 18.1. The molecule has 0 aliphatic carbocycles. The van der Waals surface area contributed by atoms with Crippen LogP contribution in [0.25, 0.3) is 16.5 Å². The van der Waals surface area contributed by atoms with Gasteiger partial charge in [0.15, 0.2) is 11.4 Å². The van der Waals surface area contributed by atoms with Crippen LogP contribution in [0.15, 0.2) is 35.1 Å². The molecular formula is C27H30Cl2FN5O3. The number of halogens is 3. The molecule has 1 saturated heterocycles. The Kier molecular flexibility index (Phi) is 7.44. The summed E-state index contributed by atoms with van der Waals surface area (Å²) in [6.45, 7) is 8.38. The third-order valence-corrected chi connectivity index (χ3v) is 7.75. The molecule has 38 heavy (non-hydrogen) atoms. The number of nitrogen functional groups attached to an aromatic ring is 1. The SMILES string of the molecule is C[C@@H]1CN(C(=O)N2CC=C(c3coc4c(O[C@H](C)c5c(Cl)ccc(F)c5Cl)c(N)ncc34)CC2)C[C@H](C)N1. The number of urea groups is 1. The molecule has 0 unspecified atom stereocenters. The Labute approximate surface area is 230 Å². The highest BCUT2D eigenvalue weighted by atomic mass is 35.5. The Morgan fingerprint density at radius 1 is 1.26 bits per heavy atom. The summed E-state index contributed by atoms with van der Waals surface area (Å²) < 4.78 is 26.1. The number of nitrogens with one attached hydrogen (secondary N) is 1. The number of furan rings is 1. The minimum Gasteiger partial charge on any atom is -0.478 e. The molecule has 2 aliphatic rings. The molecule has 1 fully saturated rings. The summed E-state index contributed by atoms with van der Waals surface area (Å²) in [6.07, 6.45) is 5.28. The van der Waals surface area contributed by atoms with Crippen LogP contribution >= 0.6 is 23.2 Å². The van der Waals surface area contributed by atoms with E-state index in [-0.39, 0.29) is 39.7 Å². The minimum absolute atomic E-state index is 0.0614. The summed E-state index contributed by atoms with van der Waals surface area (Å²) in [5, 5.41) is 4.35. The molecule has 0 saturated carbocycles. The molecule has 0 bridgehead atoms. The zero-order valence-electron chi connectivity index (χ0n) is 21.4. The van der Waals surface area contributed by atoms with E-state index in [0.717, 1.165) is 16.5 Å². The van der Waals surface area contributed by atoms with Crippen molar-refractivity contribution < 1.29 is 18.3 Å². The van der Waals surface area contributed by atoms with E-state index in [9.17, 15) is 9.18 Å². The van der Waals surface area contributed by atoms with Crippen LogP contribution in [0.5, 0.6) is 5.75 Å². The maximum absolute atomic E-state index is 14.1. The fourth-order valence-electron chi connectivity index (χ4n) is 5.26. The highest BCUT2D eigenvalue weighted by molar-refractivity contribution is 6.36. The normalized spacial score (nSPS) is 20.9. The molecular weight excluding hydrogens is 532 g/mol. The summed E-state index contributed by atoms with van der Waals surface area (Å²) in [6, 6.07) is 3.23. The van der Waals surface area contributed by atoms with Gasteiger partial charge >= 0.3 is 6.03 Å². The molecule has 0 spiro atoms. The summed E-state index contributed by atoms with van der Waals surface area (Å²) >= 11 is 12.5. The van der Waals surface area contributed by atoms with Crippen molar-refractivity contribution in [1.82, 2.24) is 20.1 Å². The van der Waals surface area contributed by atoms with Gasteiger partial charge in [-0.2, -0.15) is 0 Å². The van der Waals surface area contributed by atoms with E-state index < -0.39 is 11.9 Å². The van der Waals surface area contributed by atoms with Crippen molar-refractivity contribution in [3.63, 3.8) is 0 Å². The number of nitrogens with zero attached hydrogens (tertiary/aromatic N) is 3. The molecule has 1 aromatic carbocycles. The fraction of sp³-hybridized carbons (Fsp3) is 0.407. The van der Waals surface area contributed by atoms with Crippen LogP contribution in [0, 0.1) is 5.82 Å². The molecule has 8 nitrogen and oxygen atoms in total. The first-order valence-electron chi connectivity index (χ1n) is 12.6. The van der Waals surface area contributed by atoms with E-state index >= 15 is 0 Å². The van der Waals surface area contributed by atoms with Gasteiger partial charge in [-0.05, 0) is 44.9 Å². The van der Waals surface area contributed by atoms with Crippen LogP contribution in [-0.2, 0) is 0 Å². The molecule has 11 heteroatoms. The maximum atomic E-state index is 14.1. The van der Waals surface area contributed by atoms with Gasteiger partial charge in [-0.25, -0.2) is 14.2 Å². The summed E-state index contributed by atoms with van der Waals surface area (Å²) in [7, 11) is 0. The van der Waals surface area contributed by atoms with Crippen LogP contribution < -0.4 is 15.8 Å². The van der Waals surface area contributed by atoms with E-state index in [1.165, 1.54) is 12.1 Å². The lowest BCUT2D eigenvalue weighted by molar-refractivity contribution is 0.131. The van der Waals surface area contributed by atoms with Gasteiger partial charge in [-0.1, -0.05) is 29.3 Å². The average Bonchev–Trinajstić information content (AvgIpc) is 3.31. The zero-order chi connectivity index (χ0) is 27.1. The lowest BCUT2D eigenvalue weighted by atomic mass is 9.99. The van der Waals surface area contributed by atoms with Crippen LogP contribution in [0.4, 0.5) is 15.0 Å². The van der Waals surface area contributed by atoms with Crippen molar-refractivity contribution in [2.24, 2.45) is 0 Å². The number of carbonyl (C=O) groups is 1. The number of aromatic nitrogens is 1. The van der Waals surface area contributed by atoms with Crippen LogP contribution in [0.3, 0.4) is 0 Å². The zero-order valence-corrected chi connectivity index (χ0v) is 22.9. The quantitative estimate of drug-likeness (QED) is 0.385. The summed E-state index contributed by atoms with van der Waals surface area (Å²) in [5.74, 6) is -0.237. The van der Waals surface area contributed by atoms with Crippen molar-refractivity contribution >= 4 is 51.6 Å². The number of nitrogens with two attached hydrogens (primary N) is 1. The molecule has 3 aromatic rings. The van der Waals surface area contributed by atoms with Gasteiger partial charge in [0, 0.05) is 60.6 Å². The Bertz CT molecular complexity index is 1400. The molecule has 0 radical (unpaired) electrons.